The second-order valence-corrected chi connectivity index (χ2v) is 7.51. The summed E-state index contributed by atoms with van der Waals surface area (Å²) in [6.07, 6.45) is 4.76. The molecule has 9 heteroatoms. The molecule has 1 saturated heterocycles. The Kier molecular flexibility index (Phi) is 12.2. The van der Waals surface area contributed by atoms with Crippen LogP contribution in [0.15, 0.2) is 18.5 Å². The van der Waals surface area contributed by atoms with Crippen molar-refractivity contribution < 1.29 is 24.6 Å². The number of carboxylic acid groups (broad SMARTS) is 2. The van der Waals surface area contributed by atoms with Crippen molar-refractivity contribution in [2.45, 2.75) is 52.6 Å². The normalized spacial score (nSPS) is 15.0. The van der Waals surface area contributed by atoms with Gasteiger partial charge in [-0.25, -0.2) is 0 Å². The second-order valence-electron chi connectivity index (χ2n) is 7.51. The van der Waals surface area contributed by atoms with E-state index in [-0.39, 0.29) is 24.4 Å². The summed E-state index contributed by atoms with van der Waals surface area (Å²) in [5.74, 6) is 0.0418. The van der Waals surface area contributed by atoms with Crippen LogP contribution in [0.2, 0.25) is 0 Å². The Labute approximate surface area is 172 Å². The third-order valence-electron chi connectivity index (χ3n) is 4.59. The van der Waals surface area contributed by atoms with Gasteiger partial charge in [0.15, 0.2) is 0 Å². The van der Waals surface area contributed by atoms with Gasteiger partial charge in [0.2, 0.25) is 5.91 Å². The first-order valence-electron chi connectivity index (χ1n) is 9.45. The number of anilines is 1. The number of aromatic nitrogens is 1. The molecule has 1 unspecified atom stereocenters. The first kappa shape index (κ1) is 26.3. The molecule has 164 valence electrons. The molecule has 1 aromatic heterocycles. The molecule has 1 atom stereocenters. The van der Waals surface area contributed by atoms with Gasteiger partial charge in [-0.05, 0) is 45.7 Å². The van der Waals surface area contributed by atoms with Gasteiger partial charge in [-0.2, -0.15) is 0 Å². The third kappa shape index (κ3) is 10.4. The number of hydrogen-bond donors (Lipinski definition) is 3. The molecule has 0 bridgehead atoms. The molecule has 2 rings (SSSR count). The van der Waals surface area contributed by atoms with E-state index in [9.17, 15) is 4.79 Å². The summed E-state index contributed by atoms with van der Waals surface area (Å²) in [4.78, 5) is 37.2. The van der Waals surface area contributed by atoms with Crippen LogP contribution in [0, 0.1) is 6.92 Å². The zero-order valence-corrected chi connectivity index (χ0v) is 18.0. The van der Waals surface area contributed by atoms with Gasteiger partial charge in [0.05, 0.1) is 0 Å². The van der Waals surface area contributed by atoms with Crippen LogP contribution in [0.5, 0.6) is 0 Å². The van der Waals surface area contributed by atoms with Gasteiger partial charge in [-0.1, -0.05) is 0 Å². The highest BCUT2D eigenvalue weighted by Crippen LogP contribution is 2.22. The maximum absolute atomic E-state index is 11.3. The number of carbonyl (C=O) groups excluding carboxylic acids is 1. The van der Waals surface area contributed by atoms with E-state index in [4.69, 9.17) is 19.8 Å². The maximum atomic E-state index is 11.3. The summed E-state index contributed by atoms with van der Waals surface area (Å²) in [6.45, 7) is 13.8. The average molecular weight is 411 g/mol. The minimum absolute atomic E-state index is 0.0418. The number of amides is 1. The molecule has 0 saturated carbocycles. The zero-order chi connectivity index (χ0) is 22.4. The smallest absolute Gasteiger partial charge is 0.290 e. The van der Waals surface area contributed by atoms with Crippen LogP contribution in [0.1, 0.15) is 39.7 Å². The highest BCUT2D eigenvalue weighted by atomic mass is 16.3. The summed E-state index contributed by atoms with van der Waals surface area (Å²) in [5, 5.41) is 16.8. The van der Waals surface area contributed by atoms with Crippen LogP contribution in [-0.2, 0) is 14.4 Å². The number of hydrogen-bond acceptors (Lipinski definition) is 6. The summed E-state index contributed by atoms with van der Waals surface area (Å²) < 4.78 is 0. The standard InChI is InChI=1S/C18H30N4O.2CH2O2/c1-14-13-19-7-6-17(14)22-10-8-21(9-11-22)15(2)12-18(4,5)20-16(3)23;2*2-1-3/h6-7,13,15H,8-12H2,1-5H3,(H,20,23);2*1H,(H,2,3). The molecule has 1 aromatic rings. The largest absolute Gasteiger partial charge is 0.483 e. The average Bonchev–Trinajstić information content (AvgIpc) is 2.62. The lowest BCUT2D eigenvalue weighted by molar-refractivity contribution is -0.123. The van der Waals surface area contributed by atoms with E-state index in [1.807, 2.05) is 12.4 Å². The Bertz CT molecular complexity index is 625. The summed E-state index contributed by atoms with van der Waals surface area (Å²) in [7, 11) is 0. The Hall–Kier alpha value is -2.68. The van der Waals surface area contributed by atoms with Crippen LogP contribution in [0.4, 0.5) is 5.69 Å². The predicted octanol–water partition coefficient (Wildman–Crippen LogP) is 1.61. The molecule has 0 radical (unpaired) electrons. The fraction of sp³-hybridized carbons (Fsp3) is 0.600. The monoisotopic (exact) mass is 410 g/mol. The minimum atomic E-state index is -0.250. The van der Waals surface area contributed by atoms with Crippen LogP contribution in [0.25, 0.3) is 0 Å². The number of carbonyl (C=O) groups is 3. The van der Waals surface area contributed by atoms with Crippen molar-refractivity contribution in [2.75, 3.05) is 31.1 Å². The van der Waals surface area contributed by atoms with Crippen molar-refractivity contribution in [2.24, 2.45) is 0 Å². The third-order valence-corrected chi connectivity index (χ3v) is 4.59. The molecular weight excluding hydrogens is 376 g/mol. The molecule has 3 N–H and O–H groups in total. The fourth-order valence-corrected chi connectivity index (χ4v) is 3.62. The van der Waals surface area contributed by atoms with E-state index < -0.39 is 0 Å². The number of aryl methyl sites for hydroxylation is 1. The molecule has 1 fully saturated rings. The molecule has 0 aliphatic carbocycles. The van der Waals surface area contributed by atoms with E-state index in [1.165, 1.54) is 11.3 Å². The van der Waals surface area contributed by atoms with Crippen molar-refractivity contribution in [3.8, 4) is 0 Å². The minimum Gasteiger partial charge on any atom is -0.483 e. The van der Waals surface area contributed by atoms with Crippen molar-refractivity contribution in [3.63, 3.8) is 0 Å². The first-order chi connectivity index (χ1) is 13.6. The van der Waals surface area contributed by atoms with Gasteiger partial charge in [0.1, 0.15) is 0 Å². The lowest BCUT2D eigenvalue weighted by atomic mass is 9.94. The van der Waals surface area contributed by atoms with Gasteiger partial charge in [0, 0.05) is 62.8 Å². The fourth-order valence-electron chi connectivity index (χ4n) is 3.62. The SMILES string of the molecule is CC(=O)NC(C)(C)CC(C)N1CCN(c2ccncc2C)CC1.O=CO.O=CO. The van der Waals surface area contributed by atoms with Crippen molar-refractivity contribution >= 4 is 24.5 Å². The lowest BCUT2D eigenvalue weighted by Gasteiger charge is -2.41. The van der Waals surface area contributed by atoms with Crippen LogP contribution >= 0.6 is 0 Å². The van der Waals surface area contributed by atoms with Gasteiger partial charge >= 0.3 is 0 Å². The Morgan fingerprint density at radius 2 is 1.76 bits per heavy atom. The van der Waals surface area contributed by atoms with Crippen molar-refractivity contribution in [3.05, 3.63) is 24.0 Å². The van der Waals surface area contributed by atoms with Gasteiger partial charge in [-0.3, -0.25) is 24.3 Å². The van der Waals surface area contributed by atoms with E-state index in [0.29, 0.717) is 6.04 Å². The van der Waals surface area contributed by atoms with Gasteiger partial charge in [-0.15, -0.1) is 0 Å². The first-order valence-corrected chi connectivity index (χ1v) is 9.45. The van der Waals surface area contributed by atoms with Crippen molar-refractivity contribution in [1.82, 2.24) is 15.2 Å². The number of nitrogens with one attached hydrogen (secondary N) is 1. The molecule has 1 aliphatic heterocycles. The topological polar surface area (TPSA) is 123 Å². The van der Waals surface area contributed by atoms with E-state index >= 15 is 0 Å². The Morgan fingerprint density at radius 3 is 2.21 bits per heavy atom. The molecule has 1 aliphatic rings. The van der Waals surface area contributed by atoms with E-state index in [0.717, 1.165) is 32.6 Å². The van der Waals surface area contributed by atoms with Crippen LogP contribution < -0.4 is 10.2 Å². The van der Waals surface area contributed by atoms with Gasteiger partial charge in [0.25, 0.3) is 12.9 Å². The van der Waals surface area contributed by atoms with E-state index in [2.05, 4.69) is 53.9 Å². The predicted molar refractivity (Wildman–Crippen MR) is 112 cm³/mol. The number of piperazine rings is 1. The molecule has 0 aromatic carbocycles. The maximum Gasteiger partial charge on any atom is 0.290 e. The van der Waals surface area contributed by atoms with Gasteiger partial charge < -0.3 is 20.4 Å². The second kappa shape index (κ2) is 13.5. The zero-order valence-electron chi connectivity index (χ0n) is 18.0. The molecular formula is C20H34N4O5. The highest BCUT2D eigenvalue weighted by molar-refractivity contribution is 5.73. The molecule has 1 amide bonds. The highest BCUT2D eigenvalue weighted by Gasteiger charge is 2.27. The lowest BCUT2D eigenvalue weighted by Crippen LogP contribution is -2.53. The Balaban J connectivity index is 0.00000116. The number of rotatable bonds is 5. The molecule has 2 heterocycles. The Morgan fingerprint density at radius 1 is 1.24 bits per heavy atom. The van der Waals surface area contributed by atoms with Crippen LogP contribution in [-0.4, -0.2) is 76.7 Å². The van der Waals surface area contributed by atoms with Crippen molar-refractivity contribution in [1.29, 1.82) is 0 Å². The number of nitrogens with zero attached hydrogens (tertiary/aromatic N) is 3. The summed E-state index contributed by atoms with van der Waals surface area (Å²) in [6, 6.07) is 2.56. The number of pyridine rings is 1. The molecule has 29 heavy (non-hydrogen) atoms. The molecule has 9 nitrogen and oxygen atoms in total. The van der Waals surface area contributed by atoms with E-state index in [1.54, 1.807) is 6.92 Å². The summed E-state index contributed by atoms with van der Waals surface area (Å²) >= 11 is 0. The van der Waals surface area contributed by atoms with Crippen LogP contribution in [0.3, 0.4) is 0 Å². The summed E-state index contributed by atoms with van der Waals surface area (Å²) in [5.41, 5.74) is 2.37. The molecule has 0 spiro atoms. The quantitative estimate of drug-likeness (QED) is 0.626.